The van der Waals surface area contributed by atoms with E-state index >= 15 is 0 Å². The summed E-state index contributed by atoms with van der Waals surface area (Å²) in [4.78, 5) is 13.4. The molecule has 0 amide bonds. The Balaban J connectivity index is 1.73. The van der Waals surface area contributed by atoms with E-state index in [0.717, 1.165) is 48.6 Å². The van der Waals surface area contributed by atoms with Gasteiger partial charge >= 0.3 is 5.97 Å². The first-order chi connectivity index (χ1) is 15.1. The molecule has 1 aromatic heterocycles. The lowest BCUT2D eigenvalue weighted by Gasteiger charge is -2.30. The number of hydrogen-bond donors (Lipinski definition) is 1. The van der Waals surface area contributed by atoms with Crippen molar-refractivity contribution in [1.82, 2.24) is 20.2 Å². The fourth-order valence-electron chi connectivity index (χ4n) is 4.15. The average Bonchev–Trinajstić information content (AvgIpc) is 3.22. The van der Waals surface area contributed by atoms with Crippen LogP contribution in [0.25, 0.3) is 0 Å². The first kappa shape index (κ1) is 21.8. The molecule has 0 spiro atoms. The SMILES string of the molecule is CCCCOc1ccc(Br)cc1C1C(C(=O)OC2CCCCC2)=C(C)Nc2nnnn21. The molecular formula is C22H28BrN5O3. The maximum Gasteiger partial charge on any atom is 0.338 e. The smallest absolute Gasteiger partial charge is 0.338 e. The van der Waals surface area contributed by atoms with Crippen molar-refractivity contribution in [3.05, 3.63) is 39.5 Å². The van der Waals surface area contributed by atoms with Gasteiger partial charge in [-0.25, -0.2) is 4.79 Å². The van der Waals surface area contributed by atoms with Crippen molar-refractivity contribution in [1.29, 1.82) is 0 Å². The van der Waals surface area contributed by atoms with Crippen molar-refractivity contribution in [3.8, 4) is 5.75 Å². The number of halogens is 1. The number of rotatable bonds is 7. The zero-order chi connectivity index (χ0) is 21.8. The van der Waals surface area contributed by atoms with Gasteiger partial charge in [-0.05, 0) is 67.7 Å². The molecule has 1 saturated carbocycles. The molecule has 2 heterocycles. The van der Waals surface area contributed by atoms with Crippen LogP contribution in [0.2, 0.25) is 0 Å². The second kappa shape index (κ2) is 9.80. The van der Waals surface area contributed by atoms with Crippen LogP contribution >= 0.6 is 15.9 Å². The van der Waals surface area contributed by atoms with E-state index in [1.165, 1.54) is 6.42 Å². The molecule has 1 unspecified atom stereocenters. The van der Waals surface area contributed by atoms with Crippen LogP contribution in [-0.4, -0.2) is 38.9 Å². The van der Waals surface area contributed by atoms with E-state index in [2.05, 4.69) is 43.7 Å². The van der Waals surface area contributed by atoms with Gasteiger partial charge in [-0.2, -0.15) is 4.68 Å². The summed E-state index contributed by atoms with van der Waals surface area (Å²) in [5.74, 6) is 0.861. The number of ether oxygens (including phenoxy) is 2. The molecule has 0 radical (unpaired) electrons. The number of allylic oxidation sites excluding steroid dienone is 1. The molecule has 1 fully saturated rings. The lowest BCUT2D eigenvalue weighted by atomic mass is 9.94. The molecule has 166 valence electrons. The minimum absolute atomic E-state index is 0.0414. The summed E-state index contributed by atoms with van der Waals surface area (Å²) in [6.07, 6.45) is 7.15. The van der Waals surface area contributed by atoms with Crippen LogP contribution in [0.5, 0.6) is 5.75 Å². The number of carbonyl (C=O) groups excluding carboxylic acids is 1. The second-order valence-corrected chi connectivity index (χ2v) is 8.98. The Labute approximate surface area is 190 Å². The van der Waals surface area contributed by atoms with Gasteiger partial charge in [-0.1, -0.05) is 40.8 Å². The highest BCUT2D eigenvalue weighted by molar-refractivity contribution is 9.10. The van der Waals surface area contributed by atoms with Gasteiger partial charge in [0.1, 0.15) is 17.9 Å². The summed E-state index contributed by atoms with van der Waals surface area (Å²) < 4.78 is 14.5. The lowest BCUT2D eigenvalue weighted by molar-refractivity contribution is -0.146. The quantitative estimate of drug-likeness (QED) is 0.441. The Morgan fingerprint density at radius 1 is 1.29 bits per heavy atom. The summed E-state index contributed by atoms with van der Waals surface area (Å²) in [5.41, 5.74) is 2.01. The fourth-order valence-corrected chi connectivity index (χ4v) is 4.53. The van der Waals surface area contributed by atoms with E-state index in [0.29, 0.717) is 29.6 Å². The Bertz CT molecular complexity index is 968. The van der Waals surface area contributed by atoms with Gasteiger partial charge in [0.15, 0.2) is 0 Å². The van der Waals surface area contributed by atoms with E-state index < -0.39 is 6.04 Å². The molecule has 0 bridgehead atoms. The maximum absolute atomic E-state index is 13.4. The van der Waals surface area contributed by atoms with Gasteiger partial charge in [0.05, 0.1) is 12.2 Å². The first-order valence-corrected chi connectivity index (χ1v) is 11.8. The molecule has 31 heavy (non-hydrogen) atoms. The van der Waals surface area contributed by atoms with Gasteiger partial charge in [-0.3, -0.25) is 0 Å². The van der Waals surface area contributed by atoms with Crippen LogP contribution in [0.4, 0.5) is 5.95 Å². The van der Waals surface area contributed by atoms with Gasteiger partial charge in [-0.15, -0.1) is 0 Å². The van der Waals surface area contributed by atoms with Gasteiger partial charge in [0.2, 0.25) is 5.95 Å². The van der Waals surface area contributed by atoms with Crippen molar-refractivity contribution in [3.63, 3.8) is 0 Å². The van der Waals surface area contributed by atoms with E-state index in [1.54, 1.807) is 4.68 Å². The number of anilines is 1. The lowest BCUT2D eigenvalue weighted by Crippen LogP contribution is -2.32. The second-order valence-electron chi connectivity index (χ2n) is 8.06. The minimum atomic E-state index is -0.545. The van der Waals surface area contributed by atoms with Crippen molar-refractivity contribution >= 4 is 27.8 Å². The topological polar surface area (TPSA) is 91.2 Å². The summed E-state index contributed by atoms with van der Waals surface area (Å²) in [6, 6.07) is 5.27. The Morgan fingerprint density at radius 2 is 2.10 bits per heavy atom. The number of carbonyl (C=O) groups is 1. The molecule has 0 saturated heterocycles. The monoisotopic (exact) mass is 489 g/mol. The van der Waals surface area contributed by atoms with Crippen molar-refractivity contribution < 1.29 is 14.3 Å². The van der Waals surface area contributed by atoms with Crippen LogP contribution in [0.1, 0.15) is 70.4 Å². The number of aromatic nitrogens is 4. The molecule has 2 aliphatic rings. The summed E-state index contributed by atoms with van der Waals surface area (Å²) in [7, 11) is 0. The standard InChI is InChI=1S/C22H28BrN5O3/c1-3-4-12-30-18-11-10-15(23)13-17(18)20-19(14(2)24-22-25-26-27-28(20)22)21(29)31-16-8-6-5-7-9-16/h10-11,13,16,20H,3-9,12H2,1-2H3,(H,24,25,27). The number of hydrogen-bond acceptors (Lipinski definition) is 7. The number of unbranched alkanes of at least 4 members (excludes halogenated alkanes) is 1. The van der Waals surface area contributed by atoms with E-state index in [-0.39, 0.29) is 12.1 Å². The predicted octanol–water partition coefficient (Wildman–Crippen LogP) is 4.78. The molecule has 8 nitrogen and oxygen atoms in total. The largest absolute Gasteiger partial charge is 0.493 e. The van der Waals surface area contributed by atoms with Gasteiger partial charge in [0.25, 0.3) is 0 Å². The van der Waals surface area contributed by atoms with Crippen molar-refractivity contribution in [2.45, 2.75) is 70.9 Å². The molecule has 1 N–H and O–H groups in total. The third-order valence-corrected chi connectivity index (χ3v) is 6.28. The van der Waals surface area contributed by atoms with Crippen molar-refractivity contribution in [2.24, 2.45) is 0 Å². The number of fused-ring (bicyclic) bond motifs is 1. The van der Waals surface area contributed by atoms with Crippen molar-refractivity contribution in [2.75, 3.05) is 11.9 Å². The Kier molecular flexibility index (Phi) is 6.89. The summed E-state index contributed by atoms with van der Waals surface area (Å²) in [6.45, 7) is 4.58. The third kappa shape index (κ3) is 4.76. The molecule has 2 aromatic rings. The molecule has 1 aliphatic carbocycles. The Morgan fingerprint density at radius 3 is 2.87 bits per heavy atom. The van der Waals surface area contributed by atoms with E-state index in [4.69, 9.17) is 9.47 Å². The van der Waals surface area contributed by atoms with Crippen LogP contribution in [0.3, 0.4) is 0 Å². The van der Waals surface area contributed by atoms with E-state index in [9.17, 15) is 4.79 Å². The summed E-state index contributed by atoms with van der Waals surface area (Å²) in [5, 5.41) is 15.2. The average molecular weight is 490 g/mol. The third-order valence-electron chi connectivity index (χ3n) is 5.78. The maximum atomic E-state index is 13.4. The van der Waals surface area contributed by atoms with Crippen LogP contribution < -0.4 is 10.1 Å². The number of esters is 1. The summed E-state index contributed by atoms with van der Waals surface area (Å²) >= 11 is 3.56. The van der Waals surface area contributed by atoms with Crippen LogP contribution in [0, 0.1) is 0 Å². The molecule has 4 rings (SSSR count). The molecule has 1 aliphatic heterocycles. The highest BCUT2D eigenvalue weighted by Crippen LogP contribution is 2.40. The minimum Gasteiger partial charge on any atom is -0.493 e. The predicted molar refractivity (Wildman–Crippen MR) is 120 cm³/mol. The molecule has 1 aromatic carbocycles. The van der Waals surface area contributed by atoms with Gasteiger partial charge < -0.3 is 14.8 Å². The number of nitrogens with zero attached hydrogens (tertiary/aromatic N) is 4. The highest BCUT2D eigenvalue weighted by Gasteiger charge is 2.37. The molecule has 9 heteroatoms. The van der Waals surface area contributed by atoms with Crippen LogP contribution in [0.15, 0.2) is 33.9 Å². The van der Waals surface area contributed by atoms with E-state index in [1.807, 2.05) is 25.1 Å². The number of benzene rings is 1. The molecule has 1 atom stereocenters. The fraction of sp³-hybridized carbons (Fsp3) is 0.545. The van der Waals surface area contributed by atoms with Gasteiger partial charge in [0, 0.05) is 15.7 Å². The Hall–Kier alpha value is -2.42. The number of nitrogens with one attached hydrogen (secondary N) is 1. The molecular weight excluding hydrogens is 462 g/mol. The zero-order valence-corrected chi connectivity index (χ0v) is 19.5. The highest BCUT2D eigenvalue weighted by atomic mass is 79.9. The number of tetrazole rings is 1. The zero-order valence-electron chi connectivity index (χ0n) is 17.9. The normalized spacial score (nSPS) is 19.0. The van der Waals surface area contributed by atoms with Crippen LogP contribution in [-0.2, 0) is 9.53 Å². The first-order valence-electron chi connectivity index (χ1n) is 11.0.